The Morgan fingerprint density at radius 1 is 1.53 bits per heavy atom. The number of nitrogens with zero attached hydrogens (tertiary/aromatic N) is 1. The van der Waals surface area contributed by atoms with Crippen LogP contribution in [0.15, 0.2) is 40.4 Å². The Balaban J connectivity index is 2.37. The topological polar surface area (TPSA) is 55.7 Å². The first-order valence-corrected chi connectivity index (χ1v) is 4.48. The molecule has 2 aliphatic rings. The molecule has 0 bridgehead atoms. The Morgan fingerprint density at radius 2 is 2.33 bits per heavy atom. The summed E-state index contributed by atoms with van der Waals surface area (Å²) in [6, 6.07) is 0. The van der Waals surface area contributed by atoms with E-state index in [1.807, 2.05) is 0 Å². The minimum absolute atomic E-state index is 0.250. The molecule has 76 valence electrons. The van der Waals surface area contributed by atoms with Crippen molar-refractivity contribution in [2.45, 2.75) is 0 Å². The van der Waals surface area contributed by atoms with Gasteiger partial charge in [0.15, 0.2) is 0 Å². The molecular formula is C11H9NO3. The van der Waals surface area contributed by atoms with Gasteiger partial charge in [-0.25, -0.2) is 9.79 Å². The second-order valence-corrected chi connectivity index (χ2v) is 3.21. The van der Waals surface area contributed by atoms with E-state index in [9.17, 15) is 9.59 Å². The summed E-state index contributed by atoms with van der Waals surface area (Å²) in [5.74, 6) is -0.937. The lowest BCUT2D eigenvalue weighted by molar-refractivity contribution is -0.136. The molecule has 4 heteroatoms. The van der Waals surface area contributed by atoms with Gasteiger partial charge in [-0.15, -0.1) is 0 Å². The third kappa shape index (κ3) is 1.66. The van der Waals surface area contributed by atoms with Crippen LogP contribution < -0.4 is 0 Å². The predicted molar refractivity (Wildman–Crippen MR) is 54.3 cm³/mol. The van der Waals surface area contributed by atoms with Crippen molar-refractivity contribution in [3.8, 4) is 0 Å². The number of aliphatic imine (C=N–C) groups is 1. The number of methoxy groups -OCH3 is 1. The number of carbonyl (C=O) groups is 2. The van der Waals surface area contributed by atoms with Crippen LogP contribution in [0.1, 0.15) is 0 Å². The summed E-state index contributed by atoms with van der Waals surface area (Å²) >= 11 is 0. The Kier molecular flexibility index (Phi) is 2.33. The Morgan fingerprint density at radius 3 is 3.07 bits per heavy atom. The van der Waals surface area contributed by atoms with Crippen molar-refractivity contribution in [1.29, 1.82) is 0 Å². The van der Waals surface area contributed by atoms with Crippen molar-refractivity contribution in [3.05, 3.63) is 35.5 Å². The Hall–Kier alpha value is -1.97. The first kappa shape index (κ1) is 9.58. The number of fused-ring (bicyclic) bond motifs is 1. The first-order valence-electron chi connectivity index (χ1n) is 4.48. The molecular weight excluding hydrogens is 194 g/mol. The predicted octanol–water partition coefficient (Wildman–Crippen LogP) is 0.809. The fourth-order valence-corrected chi connectivity index (χ4v) is 1.59. The largest absolute Gasteiger partial charge is 0.466 e. The van der Waals surface area contributed by atoms with Crippen LogP contribution in [0.25, 0.3) is 0 Å². The van der Waals surface area contributed by atoms with E-state index in [4.69, 9.17) is 0 Å². The summed E-state index contributed by atoms with van der Waals surface area (Å²) in [6.45, 7) is 0. The van der Waals surface area contributed by atoms with E-state index in [-0.39, 0.29) is 11.8 Å². The highest BCUT2D eigenvalue weighted by atomic mass is 16.5. The molecule has 0 aromatic heterocycles. The standard InChI is InChI=1S/C11H9NO3/c1-15-11(14)8-4-2-3-7-5-10(13)12-6-9(7)8/h2-6,9H,1H3. The number of dihydropyridines is 1. The summed E-state index contributed by atoms with van der Waals surface area (Å²) in [6.07, 6.45) is 8.10. The molecule has 0 aromatic rings. The number of hydrogen-bond acceptors (Lipinski definition) is 3. The van der Waals surface area contributed by atoms with E-state index >= 15 is 0 Å². The van der Waals surface area contributed by atoms with Gasteiger partial charge >= 0.3 is 5.97 Å². The molecule has 1 aliphatic carbocycles. The van der Waals surface area contributed by atoms with Gasteiger partial charge in [0, 0.05) is 17.9 Å². The summed E-state index contributed by atoms with van der Waals surface area (Å²) < 4.78 is 4.65. The fourth-order valence-electron chi connectivity index (χ4n) is 1.59. The minimum atomic E-state index is -0.393. The number of allylic oxidation sites excluding steroid dienone is 4. The van der Waals surface area contributed by atoms with Gasteiger partial charge in [-0.1, -0.05) is 18.2 Å². The quantitative estimate of drug-likeness (QED) is 0.592. The molecule has 0 fully saturated rings. The zero-order chi connectivity index (χ0) is 10.8. The average molecular weight is 203 g/mol. The number of ether oxygens (including phenoxy) is 1. The maximum atomic E-state index is 11.4. The molecule has 1 atom stereocenters. The summed E-state index contributed by atoms with van der Waals surface area (Å²) in [7, 11) is 1.33. The summed E-state index contributed by atoms with van der Waals surface area (Å²) in [4.78, 5) is 26.1. The molecule has 2 rings (SSSR count). The molecule has 0 N–H and O–H groups in total. The van der Waals surface area contributed by atoms with Gasteiger partial charge in [-0.2, -0.15) is 0 Å². The van der Waals surface area contributed by atoms with Crippen LogP contribution in [0.3, 0.4) is 0 Å². The van der Waals surface area contributed by atoms with Crippen molar-refractivity contribution < 1.29 is 14.3 Å². The molecule has 0 spiro atoms. The molecule has 0 saturated carbocycles. The van der Waals surface area contributed by atoms with E-state index in [2.05, 4.69) is 9.73 Å². The van der Waals surface area contributed by atoms with Gasteiger partial charge in [0.1, 0.15) is 0 Å². The number of carbonyl (C=O) groups excluding carboxylic acids is 2. The number of rotatable bonds is 1. The van der Waals surface area contributed by atoms with Crippen LogP contribution in [0, 0.1) is 5.92 Å². The van der Waals surface area contributed by atoms with Gasteiger partial charge in [0.05, 0.1) is 13.0 Å². The number of esters is 1. The normalized spacial score (nSPS) is 23.0. The lowest BCUT2D eigenvalue weighted by Gasteiger charge is -2.20. The van der Waals surface area contributed by atoms with E-state index in [1.54, 1.807) is 18.2 Å². The van der Waals surface area contributed by atoms with Crippen LogP contribution in [0.4, 0.5) is 0 Å². The molecule has 15 heavy (non-hydrogen) atoms. The third-order valence-electron chi connectivity index (χ3n) is 2.32. The third-order valence-corrected chi connectivity index (χ3v) is 2.32. The van der Waals surface area contributed by atoms with Crippen molar-refractivity contribution >= 4 is 18.1 Å². The zero-order valence-electron chi connectivity index (χ0n) is 8.14. The van der Waals surface area contributed by atoms with Crippen LogP contribution >= 0.6 is 0 Å². The monoisotopic (exact) mass is 203 g/mol. The maximum Gasteiger partial charge on any atom is 0.334 e. The second kappa shape index (κ2) is 3.65. The molecule has 0 radical (unpaired) electrons. The van der Waals surface area contributed by atoms with Crippen LogP contribution in [-0.2, 0) is 14.3 Å². The molecule has 0 aromatic carbocycles. The number of hydrogen-bond donors (Lipinski definition) is 0. The highest BCUT2D eigenvalue weighted by Gasteiger charge is 2.26. The van der Waals surface area contributed by atoms with Gasteiger partial charge in [0.25, 0.3) is 5.91 Å². The van der Waals surface area contributed by atoms with Crippen molar-refractivity contribution in [2.24, 2.45) is 10.9 Å². The lowest BCUT2D eigenvalue weighted by atomic mass is 9.86. The Labute approximate surface area is 86.6 Å². The van der Waals surface area contributed by atoms with E-state index in [1.165, 1.54) is 19.4 Å². The van der Waals surface area contributed by atoms with Gasteiger partial charge in [0.2, 0.25) is 0 Å². The summed E-state index contributed by atoms with van der Waals surface area (Å²) in [5, 5.41) is 0. The summed E-state index contributed by atoms with van der Waals surface area (Å²) in [5.41, 5.74) is 1.28. The Bertz CT molecular complexity index is 441. The zero-order valence-corrected chi connectivity index (χ0v) is 8.14. The van der Waals surface area contributed by atoms with Gasteiger partial charge in [-0.05, 0) is 5.57 Å². The molecule has 4 nitrogen and oxygen atoms in total. The molecule has 0 saturated heterocycles. The van der Waals surface area contributed by atoms with Crippen molar-refractivity contribution in [2.75, 3.05) is 7.11 Å². The highest BCUT2D eigenvalue weighted by molar-refractivity contribution is 6.04. The maximum absolute atomic E-state index is 11.4. The molecule has 1 unspecified atom stereocenters. The first-order chi connectivity index (χ1) is 7.22. The fraction of sp³-hybridized carbons (Fsp3) is 0.182. The van der Waals surface area contributed by atoms with E-state index < -0.39 is 5.97 Å². The highest BCUT2D eigenvalue weighted by Crippen LogP contribution is 2.27. The minimum Gasteiger partial charge on any atom is -0.466 e. The van der Waals surface area contributed by atoms with Crippen molar-refractivity contribution in [1.82, 2.24) is 0 Å². The second-order valence-electron chi connectivity index (χ2n) is 3.21. The van der Waals surface area contributed by atoms with Crippen molar-refractivity contribution in [3.63, 3.8) is 0 Å². The van der Waals surface area contributed by atoms with Crippen LogP contribution in [0.2, 0.25) is 0 Å². The number of amides is 1. The molecule has 1 amide bonds. The van der Waals surface area contributed by atoms with Gasteiger partial charge < -0.3 is 4.74 Å². The van der Waals surface area contributed by atoms with E-state index in [0.717, 1.165) is 5.57 Å². The van der Waals surface area contributed by atoms with Crippen LogP contribution in [0.5, 0.6) is 0 Å². The lowest BCUT2D eigenvalue weighted by Crippen LogP contribution is -2.22. The van der Waals surface area contributed by atoms with Gasteiger partial charge in [-0.3, -0.25) is 4.79 Å². The van der Waals surface area contributed by atoms with Crippen LogP contribution in [-0.4, -0.2) is 25.2 Å². The molecule has 1 heterocycles. The average Bonchev–Trinajstić information content (AvgIpc) is 2.26. The smallest absolute Gasteiger partial charge is 0.334 e. The molecule has 1 aliphatic heterocycles. The SMILES string of the molecule is COC(=O)C1=CC=CC2=CC(=O)N=CC21. The van der Waals surface area contributed by atoms with E-state index in [0.29, 0.717) is 5.57 Å².